The third kappa shape index (κ3) is 1.16. The van der Waals surface area contributed by atoms with E-state index in [1.54, 1.807) is 6.92 Å². The molecule has 1 fully saturated rings. The van der Waals surface area contributed by atoms with Crippen molar-refractivity contribution in [2.24, 2.45) is 5.92 Å². The van der Waals surface area contributed by atoms with Crippen molar-refractivity contribution in [3.63, 3.8) is 0 Å². The molecule has 0 radical (unpaired) electrons. The molecular formula is C6H9INO2-. The average Bonchev–Trinajstić information content (AvgIpc) is 2.09. The van der Waals surface area contributed by atoms with E-state index in [1.807, 2.05) is 4.93 Å². The summed E-state index contributed by atoms with van der Waals surface area (Å²) in [5.41, 5.74) is 0. The molecule has 2 amide bonds. The number of alkyl halides is 1. The molecule has 4 heteroatoms. The van der Waals surface area contributed by atoms with Gasteiger partial charge in [-0.15, -0.1) is 0 Å². The molecule has 0 N–H and O–H groups in total. The van der Waals surface area contributed by atoms with Crippen LogP contribution in [-0.4, -0.2) is 19.9 Å². The van der Waals surface area contributed by atoms with Gasteiger partial charge < -0.3 is 0 Å². The molecule has 0 aromatic rings. The van der Waals surface area contributed by atoms with E-state index in [4.69, 9.17) is 0 Å². The second-order valence-corrected chi connectivity index (χ2v) is 4.22. The number of amides is 2. The normalized spacial score (nSPS) is 26.6. The number of carbonyl (C=O) groups is 2. The van der Waals surface area contributed by atoms with Crippen molar-refractivity contribution in [1.29, 1.82) is 0 Å². The Labute approximate surface area is 70.4 Å². The molecule has 1 saturated heterocycles. The molecule has 0 saturated carbocycles. The van der Waals surface area contributed by atoms with Crippen LogP contribution >= 0.6 is 0 Å². The van der Waals surface area contributed by atoms with Crippen LogP contribution in [0, 0.1) is 5.92 Å². The van der Waals surface area contributed by atoms with Crippen LogP contribution in [0.1, 0.15) is 13.3 Å². The molecule has 10 heavy (non-hydrogen) atoms. The molecular weight excluding hydrogens is 245 g/mol. The zero-order valence-corrected chi connectivity index (χ0v) is 8.08. The summed E-state index contributed by atoms with van der Waals surface area (Å²) < 4.78 is 1.42. The van der Waals surface area contributed by atoms with Crippen LogP contribution in [0.5, 0.6) is 0 Å². The Morgan fingerprint density at radius 1 is 1.60 bits per heavy atom. The van der Waals surface area contributed by atoms with Gasteiger partial charge in [0.2, 0.25) is 0 Å². The number of rotatable bonds is 1. The van der Waals surface area contributed by atoms with Crippen LogP contribution in [-0.2, 0) is 9.59 Å². The quantitative estimate of drug-likeness (QED) is 0.217. The summed E-state index contributed by atoms with van der Waals surface area (Å²) in [5.74, 6) is -0.0137. The van der Waals surface area contributed by atoms with Crippen LogP contribution in [0.2, 0.25) is 0 Å². The van der Waals surface area contributed by atoms with Gasteiger partial charge in [-0.05, 0) is 0 Å². The second kappa shape index (κ2) is 2.86. The first-order valence-corrected chi connectivity index (χ1v) is 6.15. The van der Waals surface area contributed by atoms with Crippen molar-refractivity contribution in [3.8, 4) is 0 Å². The van der Waals surface area contributed by atoms with Crippen molar-refractivity contribution in [2.45, 2.75) is 13.3 Å². The number of hydrogen-bond acceptors (Lipinski definition) is 2. The van der Waals surface area contributed by atoms with Gasteiger partial charge in [0.15, 0.2) is 0 Å². The molecule has 1 aliphatic heterocycles. The molecule has 0 bridgehead atoms. The Morgan fingerprint density at radius 2 is 2.20 bits per heavy atom. The van der Waals surface area contributed by atoms with Gasteiger partial charge in [0.05, 0.1) is 0 Å². The Balaban J connectivity index is 2.74. The SMILES string of the molecule is C[I-]N1C(=O)CC(C)C1=O. The minimum absolute atomic E-state index is 0.0211. The van der Waals surface area contributed by atoms with Gasteiger partial charge in [0.1, 0.15) is 0 Å². The molecule has 0 aromatic heterocycles. The fourth-order valence-electron chi connectivity index (χ4n) is 0.923. The summed E-state index contributed by atoms with van der Waals surface area (Å²) in [5, 5.41) is 0. The summed E-state index contributed by atoms with van der Waals surface area (Å²) in [6, 6.07) is 0. The maximum absolute atomic E-state index is 11.1. The first-order valence-electron chi connectivity index (χ1n) is 3.03. The predicted octanol–water partition coefficient (Wildman–Crippen LogP) is -2.98. The zero-order chi connectivity index (χ0) is 7.72. The van der Waals surface area contributed by atoms with Crippen molar-refractivity contribution in [1.82, 2.24) is 3.11 Å². The van der Waals surface area contributed by atoms with E-state index in [9.17, 15) is 9.59 Å². The van der Waals surface area contributed by atoms with Gasteiger partial charge in [-0.25, -0.2) is 0 Å². The van der Waals surface area contributed by atoms with Crippen molar-refractivity contribution < 1.29 is 31.1 Å². The summed E-state index contributed by atoms with van der Waals surface area (Å²) in [7, 11) is 0. The molecule has 1 heterocycles. The van der Waals surface area contributed by atoms with Gasteiger partial charge in [0, 0.05) is 0 Å². The van der Waals surface area contributed by atoms with E-state index >= 15 is 0 Å². The summed E-state index contributed by atoms with van der Waals surface area (Å²) in [4.78, 5) is 24.0. The van der Waals surface area contributed by atoms with E-state index in [0.29, 0.717) is 6.42 Å². The zero-order valence-electron chi connectivity index (χ0n) is 5.93. The van der Waals surface area contributed by atoms with E-state index < -0.39 is 0 Å². The van der Waals surface area contributed by atoms with Crippen LogP contribution in [0.15, 0.2) is 0 Å². The van der Waals surface area contributed by atoms with Gasteiger partial charge >= 0.3 is 70.2 Å². The number of imide groups is 1. The van der Waals surface area contributed by atoms with Crippen LogP contribution in [0.25, 0.3) is 0 Å². The van der Waals surface area contributed by atoms with Gasteiger partial charge in [-0.1, -0.05) is 0 Å². The van der Waals surface area contributed by atoms with Crippen LogP contribution < -0.4 is 21.5 Å². The van der Waals surface area contributed by atoms with Gasteiger partial charge in [-0.2, -0.15) is 0 Å². The van der Waals surface area contributed by atoms with Crippen molar-refractivity contribution in [2.75, 3.05) is 4.93 Å². The third-order valence-electron chi connectivity index (χ3n) is 1.48. The fraction of sp³-hybridized carbons (Fsp3) is 0.667. The Morgan fingerprint density at radius 3 is 2.40 bits per heavy atom. The van der Waals surface area contributed by atoms with E-state index in [-0.39, 0.29) is 39.2 Å². The number of nitrogens with zero attached hydrogens (tertiary/aromatic N) is 1. The number of carbonyl (C=O) groups excluding carboxylic acids is 2. The molecule has 1 atom stereocenters. The summed E-state index contributed by atoms with van der Waals surface area (Å²) in [6.45, 7) is 1.81. The standard InChI is InChI=1S/C6H9INO2/c1-4-3-5(9)8(7-2)6(4)10/h4H,3H2,1-2H3/q-1. The first-order chi connectivity index (χ1) is 4.66. The summed E-state index contributed by atoms with van der Waals surface area (Å²) >= 11 is -0.369. The molecule has 1 rings (SSSR count). The summed E-state index contributed by atoms with van der Waals surface area (Å²) in [6.07, 6.45) is 0.423. The van der Waals surface area contributed by atoms with Crippen LogP contribution in [0.3, 0.4) is 0 Å². The van der Waals surface area contributed by atoms with E-state index in [0.717, 1.165) is 0 Å². The topological polar surface area (TPSA) is 37.4 Å². The Kier molecular flexibility index (Phi) is 2.28. The molecule has 1 unspecified atom stereocenters. The third-order valence-corrected chi connectivity index (χ3v) is 3.46. The fourth-order valence-corrected chi connectivity index (χ4v) is 2.61. The average molecular weight is 254 g/mol. The molecule has 1 aliphatic rings. The predicted molar refractivity (Wildman–Crippen MR) is 31.6 cm³/mol. The van der Waals surface area contributed by atoms with Gasteiger partial charge in [-0.3, -0.25) is 0 Å². The van der Waals surface area contributed by atoms with Crippen LogP contribution in [0.4, 0.5) is 0 Å². The minimum atomic E-state index is -0.369. The van der Waals surface area contributed by atoms with E-state index in [1.165, 1.54) is 3.11 Å². The molecule has 0 aromatic carbocycles. The second-order valence-electron chi connectivity index (χ2n) is 2.29. The molecule has 3 nitrogen and oxygen atoms in total. The monoisotopic (exact) mass is 254 g/mol. The van der Waals surface area contributed by atoms with Gasteiger partial charge in [0.25, 0.3) is 0 Å². The van der Waals surface area contributed by atoms with Crippen molar-refractivity contribution >= 4 is 11.8 Å². The van der Waals surface area contributed by atoms with Crippen molar-refractivity contribution in [3.05, 3.63) is 0 Å². The Bertz CT molecular complexity index is 181. The first kappa shape index (κ1) is 7.97. The number of hydrogen-bond donors (Lipinski definition) is 0. The number of halogens is 1. The Hall–Kier alpha value is -0.130. The van der Waals surface area contributed by atoms with E-state index in [2.05, 4.69) is 0 Å². The molecule has 0 aliphatic carbocycles. The maximum atomic E-state index is 11.1. The molecule has 58 valence electrons. The molecule has 0 spiro atoms.